The number of nitrogens with zero attached hydrogens (tertiary/aromatic N) is 1. The van der Waals surface area contributed by atoms with Crippen LogP contribution in [-0.4, -0.2) is 23.6 Å². The molecule has 104 valence electrons. The Labute approximate surface area is 125 Å². The number of hydrogen-bond acceptors (Lipinski definition) is 7. The fourth-order valence-electron chi connectivity index (χ4n) is 2.01. The van der Waals surface area contributed by atoms with Crippen LogP contribution in [0, 0.1) is 6.92 Å². The highest BCUT2D eigenvalue weighted by atomic mass is 32.1. The van der Waals surface area contributed by atoms with Gasteiger partial charge in [-0.1, -0.05) is 0 Å². The van der Waals surface area contributed by atoms with E-state index in [1.165, 1.54) is 7.11 Å². The summed E-state index contributed by atoms with van der Waals surface area (Å²) in [5, 5.41) is 3.94. The third kappa shape index (κ3) is 2.23. The lowest BCUT2D eigenvalue weighted by Crippen LogP contribution is -2.10. The summed E-state index contributed by atoms with van der Waals surface area (Å²) < 4.78 is 10.3. The van der Waals surface area contributed by atoms with Crippen molar-refractivity contribution in [2.75, 3.05) is 12.4 Å². The van der Waals surface area contributed by atoms with Crippen molar-refractivity contribution in [2.24, 2.45) is 0 Å². The molecule has 0 saturated carbocycles. The third-order valence-corrected chi connectivity index (χ3v) is 4.06. The predicted molar refractivity (Wildman–Crippen MR) is 80.7 cm³/mol. The Bertz CT molecular complexity index is 684. The van der Waals surface area contributed by atoms with Crippen molar-refractivity contribution in [3.05, 3.63) is 28.8 Å². The Morgan fingerprint density at radius 2 is 2.35 bits per heavy atom. The number of ether oxygens (including phenoxy) is 2. The van der Waals surface area contributed by atoms with Crippen LogP contribution in [0.5, 0.6) is 5.75 Å². The highest BCUT2D eigenvalue weighted by molar-refractivity contribution is 7.80. The van der Waals surface area contributed by atoms with Crippen LogP contribution in [0.4, 0.5) is 5.69 Å². The number of fused-ring (bicyclic) bond motifs is 1. The Balaban J connectivity index is 2.17. The maximum absolute atomic E-state index is 11.7. The lowest BCUT2D eigenvalue weighted by Gasteiger charge is -2.07. The van der Waals surface area contributed by atoms with Crippen LogP contribution in [0.15, 0.2) is 18.3 Å². The SMILES string of the molecule is COC(=O)c1cc2c(c(-c3ncc(C)s3)c1)NC(S)O2. The van der Waals surface area contributed by atoms with Crippen LogP contribution in [-0.2, 0) is 4.74 Å². The van der Waals surface area contributed by atoms with Crippen LogP contribution < -0.4 is 10.1 Å². The van der Waals surface area contributed by atoms with E-state index >= 15 is 0 Å². The minimum atomic E-state index is -0.433. The molecule has 2 aromatic rings. The second-order valence-electron chi connectivity index (χ2n) is 4.28. The molecule has 1 aromatic heterocycles. The van der Waals surface area contributed by atoms with Crippen molar-refractivity contribution >= 4 is 35.6 Å². The van der Waals surface area contributed by atoms with Gasteiger partial charge in [-0.3, -0.25) is 0 Å². The Morgan fingerprint density at radius 3 is 3.00 bits per heavy atom. The van der Waals surface area contributed by atoms with E-state index in [1.807, 2.05) is 6.92 Å². The number of hydrogen-bond donors (Lipinski definition) is 2. The lowest BCUT2D eigenvalue weighted by molar-refractivity contribution is 0.0600. The highest BCUT2D eigenvalue weighted by Crippen LogP contribution is 2.43. The number of benzene rings is 1. The number of anilines is 1. The monoisotopic (exact) mass is 308 g/mol. The quantitative estimate of drug-likeness (QED) is 0.660. The van der Waals surface area contributed by atoms with Crippen LogP contribution in [0.25, 0.3) is 10.6 Å². The van der Waals surface area contributed by atoms with E-state index in [1.54, 1.807) is 29.7 Å². The smallest absolute Gasteiger partial charge is 0.338 e. The number of carbonyl (C=O) groups excluding carboxylic acids is 1. The number of aryl methyl sites for hydroxylation is 1. The van der Waals surface area contributed by atoms with Gasteiger partial charge in [0.15, 0.2) is 0 Å². The zero-order chi connectivity index (χ0) is 14.3. The first-order chi connectivity index (χ1) is 9.58. The standard InChI is InChI=1S/C13H12N2O3S2/c1-6-5-14-11(20-6)8-3-7(12(16)17-2)4-9-10(8)15-13(19)18-9/h3-5,13,15,19H,1-2H3. The predicted octanol–water partition coefficient (Wildman–Crippen LogP) is 2.92. The van der Waals surface area contributed by atoms with Gasteiger partial charge in [-0.25, -0.2) is 9.78 Å². The molecule has 1 aliphatic heterocycles. The molecule has 1 N–H and O–H groups in total. The van der Waals surface area contributed by atoms with E-state index in [4.69, 9.17) is 9.47 Å². The molecule has 0 amide bonds. The number of rotatable bonds is 2. The second-order valence-corrected chi connectivity index (χ2v) is 5.98. The van der Waals surface area contributed by atoms with E-state index in [-0.39, 0.29) is 0 Å². The Morgan fingerprint density at radius 1 is 1.55 bits per heavy atom. The third-order valence-electron chi connectivity index (χ3n) is 2.88. The molecule has 0 spiro atoms. The molecule has 5 nitrogen and oxygen atoms in total. The maximum atomic E-state index is 11.7. The van der Waals surface area contributed by atoms with E-state index in [2.05, 4.69) is 22.9 Å². The van der Waals surface area contributed by atoms with E-state index in [9.17, 15) is 4.79 Å². The number of thiazole rings is 1. The van der Waals surface area contributed by atoms with Gasteiger partial charge in [0.1, 0.15) is 10.8 Å². The first-order valence-electron chi connectivity index (χ1n) is 5.89. The minimum Gasteiger partial charge on any atom is -0.465 e. The summed E-state index contributed by atoms with van der Waals surface area (Å²) in [5.41, 5.74) is 1.61. The molecule has 0 radical (unpaired) electrons. The zero-order valence-corrected chi connectivity index (χ0v) is 12.5. The molecule has 1 unspecified atom stereocenters. The average Bonchev–Trinajstić information content (AvgIpc) is 3.01. The lowest BCUT2D eigenvalue weighted by atomic mass is 10.1. The molecule has 20 heavy (non-hydrogen) atoms. The minimum absolute atomic E-state index is 0.409. The highest BCUT2D eigenvalue weighted by Gasteiger charge is 2.26. The molecule has 0 aliphatic carbocycles. The van der Waals surface area contributed by atoms with Gasteiger partial charge < -0.3 is 14.8 Å². The molecule has 1 aromatic carbocycles. The van der Waals surface area contributed by atoms with Crippen molar-refractivity contribution in [1.29, 1.82) is 0 Å². The molecular weight excluding hydrogens is 296 g/mol. The summed E-state index contributed by atoms with van der Waals surface area (Å²) in [5.74, 6) is 0.171. The fraction of sp³-hybridized carbons (Fsp3) is 0.231. The summed E-state index contributed by atoms with van der Waals surface area (Å²) in [7, 11) is 1.35. The molecule has 1 atom stereocenters. The molecule has 2 heterocycles. The van der Waals surface area contributed by atoms with E-state index in [0.717, 1.165) is 21.1 Å². The first kappa shape index (κ1) is 13.3. The second kappa shape index (κ2) is 4.99. The molecule has 0 fully saturated rings. The fourth-order valence-corrected chi connectivity index (χ4v) is 3.04. The topological polar surface area (TPSA) is 60.5 Å². The maximum Gasteiger partial charge on any atom is 0.338 e. The van der Waals surface area contributed by atoms with Crippen LogP contribution >= 0.6 is 24.0 Å². The molecule has 7 heteroatoms. The van der Waals surface area contributed by atoms with Crippen molar-refractivity contribution in [3.63, 3.8) is 0 Å². The van der Waals surface area contributed by atoms with Gasteiger partial charge in [-0.05, 0) is 19.1 Å². The number of thiol groups is 1. The van der Waals surface area contributed by atoms with Crippen molar-refractivity contribution in [1.82, 2.24) is 4.98 Å². The van der Waals surface area contributed by atoms with Crippen LogP contribution in [0.3, 0.4) is 0 Å². The first-order valence-corrected chi connectivity index (χ1v) is 7.22. The summed E-state index contributed by atoms with van der Waals surface area (Å²) in [6.45, 7) is 1.98. The van der Waals surface area contributed by atoms with Crippen molar-refractivity contribution in [3.8, 4) is 16.3 Å². The van der Waals surface area contributed by atoms with Gasteiger partial charge in [0.25, 0.3) is 0 Å². The van der Waals surface area contributed by atoms with Gasteiger partial charge >= 0.3 is 5.97 Å². The molecule has 1 aliphatic rings. The van der Waals surface area contributed by atoms with Crippen LogP contribution in [0.2, 0.25) is 0 Å². The molecule has 0 saturated heterocycles. The Kier molecular flexibility index (Phi) is 3.31. The largest absolute Gasteiger partial charge is 0.465 e. The van der Waals surface area contributed by atoms with Gasteiger partial charge in [0.2, 0.25) is 5.56 Å². The molecule has 0 bridgehead atoms. The van der Waals surface area contributed by atoms with Crippen LogP contribution in [0.1, 0.15) is 15.2 Å². The number of esters is 1. The number of aromatic nitrogens is 1. The molecular formula is C13H12N2O3S2. The number of nitrogens with one attached hydrogen (secondary N) is 1. The summed E-state index contributed by atoms with van der Waals surface area (Å²) in [4.78, 5) is 17.2. The summed E-state index contributed by atoms with van der Waals surface area (Å²) >= 11 is 5.80. The van der Waals surface area contributed by atoms with Gasteiger partial charge in [-0.2, -0.15) is 0 Å². The van der Waals surface area contributed by atoms with Gasteiger partial charge in [0, 0.05) is 16.6 Å². The van der Waals surface area contributed by atoms with Gasteiger partial charge in [0.05, 0.1) is 18.4 Å². The summed E-state index contributed by atoms with van der Waals surface area (Å²) in [6, 6.07) is 3.40. The van der Waals surface area contributed by atoms with E-state index < -0.39 is 11.5 Å². The summed E-state index contributed by atoms with van der Waals surface area (Å²) in [6.07, 6.45) is 1.80. The average molecular weight is 308 g/mol. The Hall–Kier alpha value is -1.73. The zero-order valence-electron chi connectivity index (χ0n) is 10.8. The van der Waals surface area contributed by atoms with Crippen molar-refractivity contribution < 1.29 is 14.3 Å². The number of methoxy groups -OCH3 is 1. The van der Waals surface area contributed by atoms with Crippen molar-refractivity contribution in [2.45, 2.75) is 12.5 Å². The van der Waals surface area contributed by atoms with E-state index in [0.29, 0.717) is 11.3 Å². The number of carbonyl (C=O) groups is 1. The molecule has 3 rings (SSSR count). The normalized spacial score (nSPS) is 16.2. The van der Waals surface area contributed by atoms with Gasteiger partial charge in [-0.15, -0.1) is 24.0 Å².